The highest BCUT2D eigenvalue weighted by molar-refractivity contribution is 9.10. The van der Waals surface area contributed by atoms with Crippen LogP contribution >= 0.6 is 15.9 Å². The van der Waals surface area contributed by atoms with Gasteiger partial charge in [-0.05, 0) is 43.7 Å². The van der Waals surface area contributed by atoms with Crippen molar-refractivity contribution in [3.05, 3.63) is 46.4 Å². The van der Waals surface area contributed by atoms with Crippen LogP contribution in [0.4, 0.5) is 5.82 Å². The Morgan fingerprint density at radius 2 is 2.11 bits per heavy atom. The van der Waals surface area contributed by atoms with Gasteiger partial charge in [0.15, 0.2) is 0 Å². The number of nitrogens with zero attached hydrogens (tertiary/aromatic N) is 1. The van der Waals surface area contributed by atoms with Crippen molar-refractivity contribution >= 4 is 21.7 Å². The van der Waals surface area contributed by atoms with Gasteiger partial charge < -0.3 is 10.1 Å². The molecule has 2 rings (SSSR count). The second-order valence-corrected chi connectivity index (χ2v) is 4.82. The monoisotopic (exact) mass is 306 g/mol. The molecule has 1 heterocycles. The number of hydrogen-bond donors (Lipinski definition) is 1. The lowest BCUT2D eigenvalue weighted by molar-refractivity contribution is 0.460. The minimum Gasteiger partial charge on any atom is -0.439 e. The van der Waals surface area contributed by atoms with Gasteiger partial charge in [0, 0.05) is 17.1 Å². The van der Waals surface area contributed by atoms with Crippen LogP contribution in [0, 0.1) is 6.92 Å². The molecule has 0 radical (unpaired) electrons. The van der Waals surface area contributed by atoms with Crippen LogP contribution in [0.5, 0.6) is 11.6 Å². The molecule has 0 saturated heterocycles. The van der Waals surface area contributed by atoms with Crippen molar-refractivity contribution in [2.24, 2.45) is 0 Å². The van der Waals surface area contributed by atoms with E-state index >= 15 is 0 Å². The van der Waals surface area contributed by atoms with Gasteiger partial charge in [-0.2, -0.15) is 4.98 Å². The molecule has 0 saturated carbocycles. The minimum absolute atomic E-state index is 0.596. The van der Waals surface area contributed by atoms with Gasteiger partial charge in [-0.15, -0.1) is 0 Å². The van der Waals surface area contributed by atoms with Crippen LogP contribution in [0.2, 0.25) is 0 Å². The first-order chi connectivity index (χ1) is 8.69. The second kappa shape index (κ2) is 5.87. The highest BCUT2D eigenvalue weighted by Gasteiger charge is 2.03. The van der Waals surface area contributed by atoms with E-state index in [0.29, 0.717) is 5.88 Å². The highest BCUT2D eigenvalue weighted by Crippen LogP contribution is 2.26. The Hall–Kier alpha value is -1.55. The second-order valence-electron chi connectivity index (χ2n) is 3.90. The Balaban J connectivity index is 2.20. The number of nitrogens with one attached hydrogen (secondary N) is 1. The third kappa shape index (κ3) is 3.23. The van der Waals surface area contributed by atoms with Crippen molar-refractivity contribution in [1.82, 2.24) is 4.98 Å². The predicted molar refractivity (Wildman–Crippen MR) is 77.4 cm³/mol. The topological polar surface area (TPSA) is 34.1 Å². The van der Waals surface area contributed by atoms with Gasteiger partial charge in [-0.1, -0.05) is 22.0 Å². The molecule has 0 bridgehead atoms. The number of rotatable bonds is 4. The van der Waals surface area contributed by atoms with E-state index in [1.807, 2.05) is 50.2 Å². The molecule has 1 aromatic carbocycles. The summed E-state index contributed by atoms with van der Waals surface area (Å²) in [5, 5.41) is 3.16. The zero-order valence-corrected chi connectivity index (χ0v) is 12.0. The normalized spacial score (nSPS) is 10.2. The van der Waals surface area contributed by atoms with Crippen LogP contribution in [0.3, 0.4) is 0 Å². The van der Waals surface area contributed by atoms with E-state index in [-0.39, 0.29) is 0 Å². The maximum Gasteiger partial charge on any atom is 0.221 e. The standard InChI is InChI=1S/C14H15BrN2O/c1-3-16-13-5-4-6-14(17-13)18-12-8-7-11(15)9-10(12)2/h4-9H,3H2,1-2H3,(H,16,17). The molecule has 0 fully saturated rings. The number of aromatic nitrogens is 1. The van der Waals surface area contributed by atoms with Crippen LogP contribution in [0.15, 0.2) is 40.9 Å². The van der Waals surface area contributed by atoms with Crippen molar-refractivity contribution in [3.8, 4) is 11.6 Å². The summed E-state index contributed by atoms with van der Waals surface area (Å²) >= 11 is 3.43. The molecule has 2 aromatic rings. The number of ether oxygens (including phenoxy) is 1. The maximum atomic E-state index is 5.78. The highest BCUT2D eigenvalue weighted by atomic mass is 79.9. The molecule has 0 aliphatic rings. The number of pyridine rings is 1. The van der Waals surface area contributed by atoms with Crippen LogP contribution in [-0.2, 0) is 0 Å². The van der Waals surface area contributed by atoms with Crippen LogP contribution in [0.1, 0.15) is 12.5 Å². The molecular weight excluding hydrogens is 292 g/mol. The van der Waals surface area contributed by atoms with E-state index in [4.69, 9.17) is 4.74 Å². The van der Waals surface area contributed by atoms with Crippen LogP contribution in [0.25, 0.3) is 0 Å². The van der Waals surface area contributed by atoms with Crippen molar-refractivity contribution in [3.63, 3.8) is 0 Å². The lowest BCUT2D eigenvalue weighted by Gasteiger charge is -2.09. The molecule has 4 heteroatoms. The first-order valence-corrected chi connectivity index (χ1v) is 6.63. The molecule has 0 spiro atoms. The fourth-order valence-corrected chi connectivity index (χ4v) is 2.07. The van der Waals surface area contributed by atoms with Gasteiger partial charge in [0.1, 0.15) is 11.6 Å². The molecule has 0 aliphatic carbocycles. The quantitative estimate of drug-likeness (QED) is 0.910. The summed E-state index contributed by atoms with van der Waals surface area (Å²) in [5.41, 5.74) is 1.07. The van der Waals surface area contributed by atoms with Crippen molar-refractivity contribution in [2.75, 3.05) is 11.9 Å². The van der Waals surface area contributed by atoms with Gasteiger partial charge in [0.05, 0.1) is 0 Å². The van der Waals surface area contributed by atoms with Crippen molar-refractivity contribution < 1.29 is 4.74 Å². The smallest absolute Gasteiger partial charge is 0.221 e. The Morgan fingerprint density at radius 1 is 1.28 bits per heavy atom. The summed E-state index contributed by atoms with van der Waals surface area (Å²) in [6.45, 7) is 4.89. The fraction of sp³-hybridized carbons (Fsp3) is 0.214. The van der Waals surface area contributed by atoms with Crippen molar-refractivity contribution in [2.45, 2.75) is 13.8 Å². The number of benzene rings is 1. The molecule has 0 amide bonds. The number of hydrogen-bond acceptors (Lipinski definition) is 3. The molecule has 1 aromatic heterocycles. The lowest BCUT2D eigenvalue weighted by atomic mass is 10.2. The summed E-state index contributed by atoms with van der Waals surface area (Å²) in [6, 6.07) is 11.6. The number of aryl methyl sites for hydroxylation is 1. The molecule has 18 heavy (non-hydrogen) atoms. The Morgan fingerprint density at radius 3 is 2.83 bits per heavy atom. The summed E-state index contributed by atoms with van der Waals surface area (Å²) < 4.78 is 6.82. The average molecular weight is 307 g/mol. The molecule has 0 atom stereocenters. The molecule has 94 valence electrons. The molecule has 0 aliphatic heterocycles. The van der Waals surface area contributed by atoms with E-state index in [9.17, 15) is 0 Å². The van der Waals surface area contributed by atoms with E-state index in [1.165, 1.54) is 0 Å². The maximum absolute atomic E-state index is 5.78. The van der Waals surface area contributed by atoms with Crippen LogP contribution in [-0.4, -0.2) is 11.5 Å². The molecule has 3 nitrogen and oxygen atoms in total. The fourth-order valence-electron chi connectivity index (χ4n) is 1.59. The van der Waals surface area contributed by atoms with Gasteiger partial charge in [-0.3, -0.25) is 0 Å². The first kappa shape index (κ1) is 12.9. The SMILES string of the molecule is CCNc1cccc(Oc2ccc(Br)cc2C)n1. The third-order valence-corrected chi connectivity index (χ3v) is 2.93. The molecule has 0 unspecified atom stereocenters. The average Bonchev–Trinajstić information content (AvgIpc) is 2.34. The van der Waals surface area contributed by atoms with Crippen LogP contribution < -0.4 is 10.1 Å². The van der Waals surface area contributed by atoms with E-state index in [2.05, 4.69) is 26.2 Å². The molecule has 1 N–H and O–H groups in total. The number of anilines is 1. The van der Waals surface area contributed by atoms with Gasteiger partial charge in [0.25, 0.3) is 0 Å². The van der Waals surface area contributed by atoms with Gasteiger partial charge >= 0.3 is 0 Å². The number of halogens is 1. The zero-order chi connectivity index (χ0) is 13.0. The van der Waals surface area contributed by atoms with Gasteiger partial charge in [0.2, 0.25) is 5.88 Å². The largest absolute Gasteiger partial charge is 0.439 e. The zero-order valence-electron chi connectivity index (χ0n) is 10.4. The minimum atomic E-state index is 0.596. The predicted octanol–water partition coefficient (Wildman–Crippen LogP) is 4.38. The third-order valence-electron chi connectivity index (χ3n) is 2.43. The summed E-state index contributed by atoms with van der Waals surface area (Å²) in [4.78, 5) is 4.38. The summed E-state index contributed by atoms with van der Waals surface area (Å²) in [5.74, 6) is 2.24. The summed E-state index contributed by atoms with van der Waals surface area (Å²) in [7, 11) is 0. The van der Waals surface area contributed by atoms with Gasteiger partial charge in [-0.25, -0.2) is 0 Å². The summed E-state index contributed by atoms with van der Waals surface area (Å²) in [6.07, 6.45) is 0. The van der Waals surface area contributed by atoms with E-state index < -0.39 is 0 Å². The van der Waals surface area contributed by atoms with E-state index in [0.717, 1.165) is 28.1 Å². The first-order valence-electron chi connectivity index (χ1n) is 5.84. The Bertz CT molecular complexity index is 543. The Kier molecular flexibility index (Phi) is 4.20. The lowest BCUT2D eigenvalue weighted by Crippen LogP contribution is -1.99. The Labute approximate surface area is 115 Å². The van der Waals surface area contributed by atoms with Crippen molar-refractivity contribution in [1.29, 1.82) is 0 Å². The molecular formula is C14H15BrN2O. The van der Waals surface area contributed by atoms with E-state index in [1.54, 1.807) is 0 Å².